The molecule has 2 rings (SSSR count). The van der Waals surface area contributed by atoms with Gasteiger partial charge in [-0.25, -0.2) is 4.98 Å². The Morgan fingerprint density at radius 2 is 2.17 bits per heavy atom. The lowest BCUT2D eigenvalue weighted by Crippen LogP contribution is -2.02. The van der Waals surface area contributed by atoms with E-state index in [9.17, 15) is 5.11 Å². The first-order valence-corrected chi connectivity index (χ1v) is 7.52. The monoisotopic (exact) mass is 345 g/mol. The molecule has 5 heteroatoms. The maximum Gasteiger partial charge on any atom is 0.0960 e. The number of hydrogen-bond donors (Lipinski definition) is 1. The zero-order valence-corrected chi connectivity index (χ0v) is 13.2. The molecule has 1 N–H and O–H groups in total. The van der Waals surface area contributed by atoms with Crippen LogP contribution in [0.1, 0.15) is 27.2 Å². The van der Waals surface area contributed by atoms with E-state index in [2.05, 4.69) is 20.9 Å². The number of aliphatic hydroxyl groups is 1. The minimum atomic E-state index is -0.615. The molecule has 0 spiro atoms. The van der Waals surface area contributed by atoms with Crippen LogP contribution in [-0.2, 0) is 6.42 Å². The Balaban J connectivity index is 2.19. The third-order valence-electron chi connectivity index (χ3n) is 2.76. The van der Waals surface area contributed by atoms with Crippen molar-refractivity contribution in [3.63, 3.8) is 0 Å². The number of thiazole rings is 1. The average Bonchev–Trinajstić information content (AvgIpc) is 2.57. The van der Waals surface area contributed by atoms with E-state index in [1.807, 2.05) is 26.0 Å². The van der Waals surface area contributed by atoms with Crippen molar-refractivity contribution in [1.29, 1.82) is 0 Å². The van der Waals surface area contributed by atoms with E-state index >= 15 is 0 Å². The molecule has 0 aliphatic carbocycles. The van der Waals surface area contributed by atoms with Crippen LogP contribution in [0.2, 0.25) is 5.02 Å². The molecule has 1 unspecified atom stereocenters. The topological polar surface area (TPSA) is 33.1 Å². The number of benzene rings is 1. The lowest BCUT2D eigenvalue weighted by atomic mass is 10.1. The summed E-state index contributed by atoms with van der Waals surface area (Å²) >= 11 is 11.1. The Morgan fingerprint density at radius 3 is 2.72 bits per heavy atom. The van der Waals surface area contributed by atoms with Gasteiger partial charge in [-0.1, -0.05) is 33.6 Å². The molecule has 96 valence electrons. The fourth-order valence-corrected chi connectivity index (χ4v) is 3.44. The summed E-state index contributed by atoms with van der Waals surface area (Å²) in [5, 5.41) is 11.7. The van der Waals surface area contributed by atoms with Crippen molar-refractivity contribution in [3.8, 4) is 0 Å². The van der Waals surface area contributed by atoms with Crippen LogP contribution in [0.15, 0.2) is 22.7 Å². The maximum atomic E-state index is 10.2. The first-order chi connectivity index (χ1) is 8.47. The van der Waals surface area contributed by atoms with E-state index < -0.39 is 6.10 Å². The summed E-state index contributed by atoms with van der Waals surface area (Å²) in [6, 6.07) is 5.51. The van der Waals surface area contributed by atoms with Gasteiger partial charge in [0.1, 0.15) is 0 Å². The predicted octanol–water partition coefficient (Wildman–Crippen LogP) is 4.45. The Kier molecular flexibility index (Phi) is 4.43. The van der Waals surface area contributed by atoms with Gasteiger partial charge < -0.3 is 5.11 Å². The highest BCUT2D eigenvalue weighted by Gasteiger charge is 2.15. The lowest BCUT2D eigenvalue weighted by Gasteiger charge is -2.11. The van der Waals surface area contributed by atoms with Crippen molar-refractivity contribution < 1.29 is 5.11 Å². The van der Waals surface area contributed by atoms with Gasteiger partial charge in [0.2, 0.25) is 0 Å². The van der Waals surface area contributed by atoms with Gasteiger partial charge in [0, 0.05) is 20.8 Å². The highest BCUT2D eigenvalue weighted by atomic mass is 79.9. The normalized spacial score (nSPS) is 12.7. The predicted molar refractivity (Wildman–Crippen MR) is 79.4 cm³/mol. The zero-order valence-electron chi connectivity index (χ0n) is 10.1. The van der Waals surface area contributed by atoms with E-state index in [4.69, 9.17) is 11.6 Å². The van der Waals surface area contributed by atoms with Crippen molar-refractivity contribution in [1.82, 2.24) is 4.98 Å². The smallest absolute Gasteiger partial charge is 0.0960 e. The minimum absolute atomic E-state index is 0.501. The highest BCUT2D eigenvalue weighted by Crippen LogP contribution is 2.29. The van der Waals surface area contributed by atoms with Crippen LogP contribution in [0.3, 0.4) is 0 Å². The summed E-state index contributed by atoms with van der Waals surface area (Å²) in [4.78, 5) is 5.62. The maximum absolute atomic E-state index is 10.2. The molecule has 0 aliphatic rings. The molecule has 1 aromatic carbocycles. The summed E-state index contributed by atoms with van der Waals surface area (Å²) < 4.78 is 0.907. The molecular formula is C13H13BrClNOS. The number of aryl methyl sites for hydroxylation is 2. The van der Waals surface area contributed by atoms with Crippen LogP contribution in [0.25, 0.3) is 0 Å². The number of aromatic nitrogens is 1. The molecule has 0 saturated heterocycles. The molecule has 1 heterocycles. The summed E-state index contributed by atoms with van der Waals surface area (Å²) in [7, 11) is 0. The second-order valence-electron chi connectivity index (χ2n) is 4.13. The number of halogens is 2. The molecule has 0 saturated carbocycles. The molecule has 0 aliphatic heterocycles. The van der Waals surface area contributed by atoms with Crippen LogP contribution in [0, 0.1) is 13.8 Å². The molecule has 2 aromatic rings. The third-order valence-corrected chi connectivity index (χ3v) is 4.68. The molecule has 0 fully saturated rings. The largest absolute Gasteiger partial charge is 0.388 e. The van der Waals surface area contributed by atoms with Gasteiger partial charge in [-0.15, -0.1) is 11.3 Å². The Labute approximate surface area is 124 Å². The van der Waals surface area contributed by atoms with E-state index in [-0.39, 0.29) is 0 Å². The van der Waals surface area contributed by atoms with E-state index in [0.717, 1.165) is 20.7 Å². The van der Waals surface area contributed by atoms with Crippen LogP contribution in [0.5, 0.6) is 0 Å². The van der Waals surface area contributed by atoms with Gasteiger partial charge in [-0.3, -0.25) is 0 Å². The van der Waals surface area contributed by atoms with Crippen LogP contribution < -0.4 is 0 Å². The molecule has 1 atom stereocenters. The minimum Gasteiger partial charge on any atom is -0.388 e. The molecule has 1 aromatic heterocycles. The summed E-state index contributed by atoms with van der Waals surface area (Å²) in [6.45, 7) is 4.02. The Bertz CT molecular complexity index is 551. The molecule has 0 bridgehead atoms. The van der Waals surface area contributed by atoms with Crippen molar-refractivity contribution in [2.45, 2.75) is 26.4 Å². The number of aliphatic hydroxyl groups excluding tert-OH is 1. The molecule has 18 heavy (non-hydrogen) atoms. The quantitative estimate of drug-likeness (QED) is 0.890. The summed E-state index contributed by atoms with van der Waals surface area (Å²) in [5.74, 6) is 0. The zero-order chi connectivity index (χ0) is 13.3. The Hall–Kier alpha value is -0.420. The molecule has 0 radical (unpaired) electrons. The molecule has 0 amide bonds. The number of hydrogen-bond acceptors (Lipinski definition) is 3. The van der Waals surface area contributed by atoms with Crippen molar-refractivity contribution in [2.24, 2.45) is 0 Å². The van der Waals surface area contributed by atoms with E-state index in [0.29, 0.717) is 11.4 Å². The average molecular weight is 347 g/mol. The first kappa shape index (κ1) is 14.0. The van der Waals surface area contributed by atoms with Gasteiger partial charge in [-0.05, 0) is 31.5 Å². The number of nitrogens with zero attached hydrogens (tertiary/aromatic N) is 1. The first-order valence-electron chi connectivity index (χ1n) is 5.53. The van der Waals surface area contributed by atoms with E-state index in [1.165, 1.54) is 4.88 Å². The van der Waals surface area contributed by atoms with Crippen LogP contribution >= 0.6 is 38.9 Å². The van der Waals surface area contributed by atoms with E-state index in [1.54, 1.807) is 17.4 Å². The standard InChI is InChI=1S/C13H13BrClNOS/c1-7-8(2)18-13(16-7)6-12(17)10-4-3-9(14)5-11(10)15/h3-5,12,17H,6H2,1-2H3. The van der Waals surface area contributed by atoms with Crippen molar-refractivity contribution in [2.75, 3.05) is 0 Å². The summed E-state index contributed by atoms with van der Waals surface area (Å²) in [5.41, 5.74) is 1.77. The lowest BCUT2D eigenvalue weighted by molar-refractivity contribution is 0.178. The fraction of sp³-hybridized carbons (Fsp3) is 0.308. The van der Waals surface area contributed by atoms with Crippen LogP contribution in [-0.4, -0.2) is 10.1 Å². The molecular weight excluding hydrogens is 334 g/mol. The summed E-state index contributed by atoms with van der Waals surface area (Å²) in [6.07, 6.45) is -0.115. The van der Waals surface area contributed by atoms with Gasteiger partial charge in [-0.2, -0.15) is 0 Å². The highest BCUT2D eigenvalue weighted by molar-refractivity contribution is 9.10. The van der Waals surface area contributed by atoms with Gasteiger partial charge in [0.15, 0.2) is 0 Å². The third kappa shape index (κ3) is 3.12. The van der Waals surface area contributed by atoms with Crippen molar-refractivity contribution >= 4 is 38.9 Å². The molecule has 2 nitrogen and oxygen atoms in total. The van der Waals surface area contributed by atoms with Gasteiger partial charge in [0.25, 0.3) is 0 Å². The van der Waals surface area contributed by atoms with Gasteiger partial charge in [0.05, 0.1) is 16.8 Å². The van der Waals surface area contributed by atoms with Crippen molar-refractivity contribution in [3.05, 3.63) is 48.8 Å². The van der Waals surface area contributed by atoms with Gasteiger partial charge >= 0.3 is 0 Å². The Morgan fingerprint density at radius 1 is 1.44 bits per heavy atom. The fourth-order valence-electron chi connectivity index (χ4n) is 1.67. The van der Waals surface area contributed by atoms with Crippen LogP contribution in [0.4, 0.5) is 0 Å². The number of rotatable bonds is 3. The SMILES string of the molecule is Cc1nc(CC(O)c2ccc(Br)cc2Cl)sc1C. The second-order valence-corrected chi connectivity index (χ2v) is 6.75. The second kappa shape index (κ2) is 5.70.